The summed E-state index contributed by atoms with van der Waals surface area (Å²) in [5.74, 6) is 1.62. The zero-order chi connectivity index (χ0) is 16.6. The lowest BCUT2D eigenvalue weighted by Crippen LogP contribution is -2.35. The number of thiazole rings is 1. The van der Waals surface area contributed by atoms with Crippen molar-refractivity contribution in [2.24, 2.45) is 0 Å². The van der Waals surface area contributed by atoms with Crippen molar-refractivity contribution in [3.8, 4) is 5.82 Å². The topological polar surface area (TPSA) is 34.0 Å². The highest BCUT2D eigenvalue weighted by atomic mass is 32.1. The zero-order valence-corrected chi connectivity index (χ0v) is 15.3. The third kappa shape index (κ3) is 2.89. The summed E-state index contributed by atoms with van der Waals surface area (Å²) in [6.07, 6.45) is 12.0. The van der Waals surface area contributed by atoms with Gasteiger partial charge in [-0.2, -0.15) is 0 Å². The van der Waals surface area contributed by atoms with E-state index in [9.17, 15) is 0 Å². The zero-order valence-electron chi connectivity index (χ0n) is 14.5. The van der Waals surface area contributed by atoms with Crippen LogP contribution in [-0.4, -0.2) is 38.6 Å². The molecule has 1 aliphatic heterocycles. The van der Waals surface area contributed by atoms with Gasteiger partial charge in [-0.05, 0) is 69.8 Å². The Bertz CT molecular complexity index is 839. The van der Waals surface area contributed by atoms with Crippen molar-refractivity contribution < 1.29 is 0 Å². The number of fused-ring (bicyclic) bond motifs is 1. The lowest BCUT2D eigenvalue weighted by atomic mass is 9.86. The van der Waals surface area contributed by atoms with Gasteiger partial charge in [0.1, 0.15) is 16.2 Å². The highest BCUT2D eigenvalue weighted by Gasteiger charge is 2.29. The average Bonchev–Trinajstić information content (AvgIpc) is 3.39. The molecule has 0 atom stereocenters. The van der Waals surface area contributed by atoms with Gasteiger partial charge in [0.05, 0.1) is 5.01 Å². The molecule has 0 N–H and O–H groups in total. The Kier molecular flexibility index (Phi) is 4.06. The molecule has 4 nitrogen and oxygen atoms in total. The predicted molar refractivity (Wildman–Crippen MR) is 103 cm³/mol. The second-order valence-electron chi connectivity index (χ2n) is 7.36. The number of likely N-dealkylation sites (tertiary alicyclic amines) is 1. The second kappa shape index (κ2) is 6.54. The molecule has 130 valence electrons. The van der Waals surface area contributed by atoms with E-state index in [1.54, 1.807) is 0 Å². The van der Waals surface area contributed by atoms with Gasteiger partial charge in [0.15, 0.2) is 0 Å². The summed E-state index contributed by atoms with van der Waals surface area (Å²) in [5, 5.41) is 1.33. The third-order valence-corrected chi connectivity index (χ3v) is 7.08. The summed E-state index contributed by atoms with van der Waals surface area (Å²) in [5.41, 5.74) is 1.12. The molecule has 3 aromatic heterocycles. The standard InChI is InChI=1S/C20H24N4S/c1-2-11-21-18(5-1)24-14-10-17-20(24)25-19(22-17)15-6-8-16(9-7-15)23-12-3-4-13-23/h1-2,5,10-11,14-16H,3-4,6-9,12-13H2. The number of hydrogen-bond donors (Lipinski definition) is 0. The van der Waals surface area contributed by atoms with Crippen molar-refractivity contribution >= 4 is 21.7 Å². The molecule has 0 aromatic carbocycles. The Balaban J connectivity index is 1.35. The van der Waals surface area contributed by atoms with E-state index in [1.165, 1.54) is 61.5 Å². The molecular weight excluding hydrogens is 328 g/mol. The number of hydrogen-bond acceptors (Lipinski definition) is 4. The maximum absolute atomic E-state index is 4.96. The molecule has 1 aliphatic carbocycles. The highest BCUT2D eigenvalue weighted by molar-refractivity contribution is 7.18. The molecule has 0 radical (unpaired) electrons. The van der Waals surface area contributed by atoms with Crippen LogP contribution in [0, 0.1) is 0 Å². The second-order valence-corrected chi connectivity index (χ2v) is 8.37. The van der Waals surface area contributed by atoms with Gasteiger partial charge >= 0.3 is 0 Å². The number of nitrogens with zero attached hydrogens (tertiary/aromatic N) is 4. The quantitative estimate of drug-likeness (QED) is 0.690. The van der Waals surface area contributed by atoms with Crippen molar-refractivity contribution in [3.63, 3.8) is 0 Å². The summed E-state index contributed by atoms with van der Waals surface area (Å²) in [6.45, 7) is 2.65. The van der Waals surface area contributed by atoms with Gasteiger partial charge in [-0.3, -0.25) is 4.57 Å². The first-order valence-electron chi connectivity index (χ1n) is 9.52. The summed E-state index contributed by atoms with van der Waals surface area (Å²) in [4.78, 5) is 13.4. The predicted octanol–water partition coefficient (Wildman–Crippen LogP) is 4.60. The van der Waals surface area contributed by atoms with E-state index in [2.05, 4.69) is 32.8 Å². The van der Waals surface area contributed by atoms with Gasteiger partial charge in [0.2, 0.25) is 0 Å². The van der Waals surface area contributed by atoms with E-state index in [0.717, 1.165) is 17.4 Å². The molecule has 1 saturated heterocycles. The average molecular weight is 353 g/mol. The summed E-state index contributed by atoms with van der Waals surface area (Å²) in [7, 11) is 0. The summed E-state index contributed by atoms with van der Waals surface area (Å²) >= 11 is 1.86. The first-order chi connectivity index (χ1) is 12.4. The Morgan fingerprint density at radius 3 is 2.60 bits per heavy atom. The lowest BCUT2D eigenvalue weighted by molar-refractivity contribution is 0.182. The van der Waals surface area contributed by atoms with E-state index < -0.39 is 0 Å². The van der Waals surface area contributed by atoms with Crippen LogP contribution in [0.1, 0.15) is 49.5 Å². The van der Waals surface area contributed by atoms with Crippen LogP contribution in [0.3, 0.4) is 0 Å². The SMILES string of the molecule is c1ccc(-n2ccc3nc(C4CCC(N5CCCC5)CC4)sc32)nc1. The Hall–Kier alpha value is -1.72. The fourth-order valence-electron chi connectivity index (χ4n) is 4.48. The molecule has 1 saturated carbocycles. The molecule has 5 heteroatoms. The van der Waals surface area contributed by atoms with Gasteiger partial charge in [0.25, 0.3) is 0 Å². The van der Waals surface area contributed by atoms with Crippen LogP contribution in [0.15, 0.2) is 36.7 Å². The van der Waals surface area contributed by atoms with Crippen LogP contribution in [-0.2, 0) is 0 Å². The number of pyridine rings is 1. The minimum atomic E-state index is 0.647. The minimum Gasteiger partial charge on any atom is -0.300 e. The fraction of sp³-hybridized carbons (Fsp3) is 0.500. The molecule has 3 aromatic rings. The Morgan fingerprint density at radius 1 is 1.00 bits per heavy atom. The minimum absolute atomic E-state index is 0.647. The molecular formula is C20H24N4S. The normalized spacial score (nSPS) is 25.0. The maximum atomic E-state index is 4.96. The smallest absolute Gasteiger partial charge is 0.137 e. The van der Waals surface area contributed by atoms with Crippen LogP contribution >= 0.6 is 11.3 Å². The van der Waals surface area contributed by atoms with Crippen molar-refractivity contribution in [2.75, 3.05) is 13.1 Å². The maximum Gasteiger partial charge on any atom is 0.137 e. The van der Waals surface area contributed by atoms with Gasteiger partial charge < -0.3 is 4.90 Å². The van der Waals surface area contributed by atoms with Crippen LogP contribution in [0.5, 0.6) is 0 Å². The molecule has 5 rings (SSSR count). The van der Waals surface area contributed by atoms with E-state index in [1.807, 2.05) is 29.7 Å². The largest absolute Gasteiger partial charge is 0.300 e. The first kappa shape index (κ1) is 15.5. The van der Waals surface area contributed by atoms with Gasteiger partial charge in [-0.1, -0.05) is 17.4 Å². The monoisotopic (exact) mass is 352 g/mol. The lowest BCUT2D eigenvalue weighted by Gasteiger charge is -2.33. The van der Waals surface area contributed by atoms with E-state index in [4.69, 9.17) is 4.98 Å². The van der Waals surface area contributed by atoms with Gasteiger partial charge in [-0.25, -0.2) is 9.97 Å². The number of aromatic nitrogens is 3. The Morgan fingerprint density at radius 2 is 1.84 bits per heavy atom. The van der Waals surface area contributed by atoms with Gasteiger partial charge in [0, 0.05) is 24.4 Å². The number of rotatable bonds is 3. The van der Waals surface area contributed by atoms with Crippen molar-refractivity contribution in [3.05, 3.63) is 41.7 Å². The molecule has 0 amide bonds. The first-order valence-corrected chi connectivity index (χ1v) is 10.3. The molecule has 2 fully saturated rings. The molecule has 0 unspecified atom stereocenters. The van der Waals surface area contributed by atoms with E-state index in [-0.39, 0.29) is 0 Å². The molecule has 4 heterocycles. The van der Waals surface area contributed by atoms with Crippen molar-refractivity contribution in [1.29, 1.82) is 0 Å². The van der Waals surface area contributed by atoms with Crippen molar-refractivity contribution in [2.45, 2.75) is 50.5 Å². The van der Waals surface area contributed by atoms with Crippen LogP contribution in [0.4, 0.5) is 0 Å². The van der Waals surface area contributed by atoms with E-state index >= 15 is 0 Å². The fourth-order valence-corrected chi connectivity index (χ4v) is 5.70. The van der Waals surface area contributed by atoms with Crippen LogP contribution in [0.2, 0.25) is 0 Å². The van der Waals surface area contributed by atoms with Crippen molar-refractivity contribution in [1.82, 2.24) is 19.4 Å². The third-order valence-electron chi connectivity index (χ3n) is 5.85. The van der Waals surface area contributed by atoms with Crippen LogP contribution < -0.4 is 0 Å². The Labute approximate surface area is 152 Å². The van der Waals surface area contributed by atoms with Crippen LogP contribution in [0.25, 0.3) is 16.2 Å². The summed E-state index contributed by atoms with van der Waals surface area (Å²) in [6, 6.07) is 9.01. The molecule has 0 bridgehead atoms. The highest BCUT2D eigenvalue weighted by Crippen LogP contribution is 2.39. The van der Waals surface area contributed by atoms with Gasteiger partial charge in [-0.15, -0.1) is 0 Å². The summed E-state index contributed by atoms with van der Waals surface area (Å²) < 4.78 is 2.17. The molecule has 0 spiro atoms. The molecule has 25 heavy (non-hydrogen) atoms. The molecule has 2 aliphatic rings. The van der Waals surface area contributed by atoms with E-state index in [0.29, 0.717) is 5.92 Å².